The van der Waals surface area contributed by atoms with Crippen LogP contribution in [0.4, 0.5) is 0 Å². The van der Waals surface area contributed by atoms with Gasteiger partial charge >= 0.3 is 0 Å². The summed E-state index contributed by atoms with van der Waals surface area (Å²) in [6.07, 6.45) is 0. The van der Waals surface area contributed by atoms with Crippen LogP contribution in [0.25, 0.3) is 76.2 Å². The van der Waals surface area contributed by atoms with Crippen molar-refractivity contribution in [1.29, 1.82) is 0 Å². The second kappa shape index (κ2) is 9.77. The van der Waals surface area contributed by atoms with Gasteiger partial charge in [-0.25, -0.2) is 15.0 Å². The van der Waals surface area contributed by atoms with Crippen molar-refractivity contribution in [2.24, 2.45) is 0 Å². The number of thiophene rings is 1. The summed E-state index contributed by atoms with van der Waals surface area (Å²) in [5.74, 6) is 0.714. The number of fused-ring (bicyclic) bond motifs is 5. The summed E-state index contributed by atoms with van der Waals surface area (Å²) in [7, 11) is 0. The Balaban J connectivity index is 1.39. The molecule has 3 nitrogen and oxygen atoms in total. The first kappa shape index (κ1) is 23.7. The maximum atomic E-state index is 5.23. The van der Waals surface area contributed by atoms with Gasteiger partial charge in [0.2, 0.25) is 0 Å². The quantitative estimate of drug-likeness (QED) is 0.222. The smallest absolute Gasteiger partial charge is 0.160 e. The average molecular weight is 542 g/mol. The lowest BCUT2D eigenvalue weighted by atomic mass is 10.0. The minimum absolute atomic E-state index is 0.714. The molecule has 0 saturated heterocycles. The zero-order chi connectivity index (χ0) is 27.2. The lowest BCUT2D eigenvalue weighted by Gasteiger charge is -2.11. The monoisotopic (exact) mass is 541 g/mol. The number of aromatic nitrogens is 3. The summed E-state index contributed by atoms with van der Waals surface area (Å²) in [6, 6.07) is 48.2. The van der Waals surface area contributed by atoms with Gasteiger partial charge in [-0.2, -0.15) is 0 Å². The molecule has 0 amide bonds. The van der Waals surface area contributed by atoms with E-state index < -0.39 is 0 Å². The summed E-state index contributed by atoms with van der Waals surface area (Å²) in [6.45, 7) is 0. The molecule has 0 aliphatic rings. The fourth-order valence-electron chi connectivity index (χ4n) is 5.49. The minimum atomic E-state index is 0.714. The highest BCUT2D eigenvalue weighted by molar-refractivity contribution is 7.26. The van der Waals surface area contributed by atoms with Gasteiger partial charge in [-0.1, -0.05) is 115 Å². The molecule has 0 spiro atoms. The maximum Gasteiger partial charge on any atom is 0.160 e. The van der Waals surface area contributed by atoms with E-state index in [1.807, 2.05) is 47.7 Å². The van der Waals surface area contributed by atoms with Gasteiger partial charge in [-0.15, -0.1) is 11.3 Å². The van der Waals surface area contributed by atoms with Crippen molar-refractivity contribution in [1.82, 2.24) is 15.0 Å². The third-order valence-corrected chi connectivity index (χ3v) is 8.68. The van der Waals surface area contributed by atoms with Crippen molar-refractivity contribution in [2.75, 3.05) is 0 Å². The molecule has 4 heteroatoms. The van der Waals surface area contributed by atoms with Gasteiger partial charge in [0.05, 0.1) is 22.6 Å². The predicted molar refractivity (Wildman–Crippen MR) is 172 cm³/mol. The van der Waals surface area contributed by atoms with Crippen LogP contribution in [0.2, 0.25) is 0 Å². The van der Waals surface area contributed by atoms with E-state index in [4.69, 9.17) is 15.0 Å². The van der Waals surface area contributed by atoms with Gasteiger partial charge in [-0.3, -0.25) is 0 Å². The molecule has 192 valence electrons. The first-order valence-corrected chi connectivity index (χ1v) is 14.4. The first-order chi connectivity index (χ1) is 20.3. The van der Waals surface area contributed by atoms with Crippen LogP contribution in [0.5, 0.6) is 0 Å². The standard InChI is InChI=1S/C37H23N3S/c1-4-12-24(13-5-1)31-23-32(40-37(39-31)26-16-8-3-9-17-26)27-20-21-30-29(22-27)36-34(28-18-10-11-19-33(28)41-36)35(38-30)25-14-6-2-7-15-25/h1-23H. The van der Waals surface area contributed by atoms with Gasteiger partial charge in [0.25, 0.3) is 0 Å². The molecule has 41 heavy (non-hydrogen) atoms. The second-order valence-electron chi connectivity index (χ2n) is 10.1. The third-order valence-electron chi connectivity index (χ3n) is 7.48. The van der Waals surface area contributed by atoms with E-state index in [0.29, 0.717) is 5.82 Å². The third kappa shape index (κ3) is 4.17. The molecule has 0 aliphatic carbocycles. The van der Waals surface area contributed by atoms with E-state index in [1.54, 1.807) is 0 Å². The zero-order valence-corrected chi connectivity index (χ0v) is 22.8. The van der Waals surface area contributed by atoms with E-state index in [9.17, 15) is 0 Å². The van der Waals surface area contributed by atoms with Gasteiger partial charge in [0, 0.05) is 47.8 Å². The summed E-state index contributed by atoms with van der Waals surface area (Å²) >= 11 is 1.83. The fraction of sp³-hybridized carbons (Fsp3) is 0. The first-order valence-electron chi connectivity index (χ1n) is 13.6. The molecule has 0 aliphatic heterocycles. The Labute approximate surface area is 241 Å². The number of pyridine rings is 1. The summed E-state index contributed by atoms with van der Waals surface area (Å²) in [5, 5.41) is 3.59. The van der Waals surface area contributed by atoms with Crippen molar-refractivity contribution in [3.05, 3.63) is 140 Å². The molecule has 0 unspecified atom stereocenters. The van der Waals surface area contributed by atoms with E-state index in [2.05, 4.69) is 103 Å². The number of nitrogens with zero attached hydrogens (tertiary/aromatic N) is 3. The topological polar surface area (TPSA) is 38.7 Å². The number of rotatable bonds is 4. The highest BCUT2D eigenvalue weighted by Gasteiger charge is 2.17. The molecular formula is C37H23N3S. The van der Waals surface area contributed by atoms with Crippen LogP contribution in [0.1, 0.15) is 0 Å². The van der Waals surface area contributed by atoms with E-state index in [1.165, 1.54) is 20.2 Å². The SMILES string of the molecule is c1ccc(-c2cc(-c3ccc4nc(-c5ccccc5)c5c6ccccc6sc5c4c3)nc(-c3ccccc3)n2)cc1. The van der Waals surface area contributed by atoms with E-state index in [-0.39, 0.29) is 0 Å². The predicted octanol–water partition coefficient (Wildman–Crippen LogP) is 10.1. The van der Waals surface area contributed by atoms with Gasteiger partial charge in [-0.05, 0) is 24.3 Å². The number of hydrogen-bond donors (Lipinski definition) is 0. The molecule has 5 aromatic carbocycles. The Morgan fingerprint density at radius 3 is 1.78 bits per heavy atom. The zero-order valence-electron chi connectivity index (χ0n) is 22.0. The average Bonchev–Trinajstić information content (AvgIpc) is 3.45. The van der Waals surface area contributed by atoms with Crippen molar-refractivity contribution in [2.45, 2.75) is 0 Å². The van der Waals surface area contributed by atoms with Crippen molar-refractivity contribution in [3.8, 4) is 45.2 Å². The molecule has 8 aromatic rings. The Kier molecular flexibility index (Phi) is 5.64. The van der Waals surface area contributed by atoms with Crippen LogP contribution < -0.4 is 0 Å². The second-order valence-corrected chi connectivity index (χ2v) is 11.1. The highest BCUT2D eigenvalue weighted by atomic mass is 32.1. The summed E-state index contributed by atoms with van der Waals surface area (Å²) in [5.41, 5.74) is 8.03. The molecule has 0 fully saturated rings. The summed E-state index contributed by atoms with van der Waals surface area (Å²) < 4.78 is 2.51. The van der Waals surface area contributed by atoms with Crippen LogP contribution in [-0.4, -0.2) is 15.0 Å². The van der Waals surface area contributed by atoms with Crippen molar-refractivity contribution >= 4 is 42.4 Å². The van der Waals surface area contributed by atoms with Crippen LogP contribution in [0.15, 0.2) is 140 Å². The largest absolute Gasteiger partial charge is 0.247 e. The molecule has 8 rings (SSSR count). The Morgan fingerprint density at radius 2 is 1.05 bits per heavy atom. The van der Waals surface area contributed by atoms with Gasteiger partial charge in [0.15, 0.2) is 5.82 Å². The number of benzene rings is 5. The summed E-state index contributed by atoms with van der Waals surface area (Å²) in [4.78, 5) is 15.3. The Bertz CT molecular complexity index is 2130. The Morgan fingerprint density at radius 1 is 0.439 bits per heavy atom. The van der Waals surface area contributed by atoms with Crippen LogP contribution in [0.3, 0.4) is 0 Å². The van der Waals surface area contributed by atoms with Crippen molar-refractivity contribution < 1.29 is 0 Å². The minimum Gasteiger partial charge on any atom is -0.247 e. The lowest BCUT2D eigenvalue weighted by Crippen LogP contribution is -1.96. The number of hydrogen-bond acceptors (Lipinski definition) is 4. The van der Waals surface area contributed by atoms with E-state index in [0.717, 1.165) is 50.2 Å². The van der Waals surface area contributed by atoms with E-state index >= 15 is 0 Å². The Hall–Kier alpha value is -5.19. The molecule has 0 saturated carbocycles. The molecule has 0 radical (unpaired) electrons. The highest BCUT2D eigenvalue weighted by Crippen LogP contribution is 2.43. The maximum absolute atomic E-state index is 5.23. The van der Waals surface area contributed by atoms with Crippen LogP contribution >= 0.6 is 11.3 Å². The van der Waals surface area contributed by atoms with Crippen LogP contribution in [-0.2, 0) is 0 Å². The molecule has 0 N–H and O–H groups in total. The molecular weight excluding hydrogens is 518 g/mol. The normalized spacial score (nSPS) is 11.4. The molecule has 0 atom stereocenters. The van der Waals surface area contributed by atoms with Gasteiger partial charge in [0.1, 0.15) is 0 Å². The lowest BCUT2D eigenvalue weighted by molar-refractivity contribution is 1.18. The molecule has 3 heterocycles. The van der Waals surface area contributed by atoms with Crippen molar-refractivity contribution in [3.63, 3.8) is 0 Å². The molecule has 3 aromatic heterocycles. The van der Waals surface area contributed by atoms with Gasteiger partial charge < -0.3 is 0 Å². The van der Waals surface area contributed by atoms with Crippen LogP contribution in [0, 0.1) is 0 Å². The molecule has 0 bridgehead atoms. The fourth-order valence-corrected chi connectivity index (χ4v) is 6.72.